The van der Waals surface area contributed by atoms with Gasteiger partial charge in [0.2, 0.25) is 5.91 Å². The molecule has 1 aliphatic heterocycles. The minimum Gasteiger partial charge on any atom is -0.480 e. The molecule has 1 aliphatic rings. The molecule has 0 bridgehead atoms. The highest BCUT2D eigenvalue weighted by molar-refractivity contribution is 5.85. The Morgan fingerprint density at radius 1 is 1.47 bits per heavy atom. The SMILES string of the molecule is CC(C)CC(CN)C(=O)N1CCC[C@H]1C(=O)O. The third-order valence-corrected chi connectivity index (χ3v) is 3.21. The zero-order valence-electron chi connectivity index (χ0n) is 10.6. The normalized spacial score (nSPS) is 21.9. The van der Waals surface area contributed by atoms with Crippen LogP contribution in [0.25, 0.3) is 0 Å². The summed E-state index contributed by atoms with van der Waals surface area (Å²) in [4.78, 5) is 24.7. The number of hydrogen-bond acceptors (Lipinski definition) is 3. The molecule has 3 N–H and O–H groups in total. The molecule has 17 heavy (non-hydrogen) atoms. The van der Waals surface area contributed by atoms with Crippen LogP contribution in [0.3, 0.4) is 0 Å². The second kappa shape index (κ2) is 6.00. The van der Waals surface area contributed by atoms with Gasteiger partial charge in [-0.3, -0.25) is 4.79 Å². The number of hydrogen-bond donors (Lipinski definition) is 2. The molecule has 0 aliphatic carbocycles. The van der Waals surface area contributed by atoms with Crippen LogP contribution >= 0.6 is 0 Å². The Hall–Kier alpha value is -1.10. The summed E-state index contributed by atoms with van der Waals surface area (Å²) in [6.45, 7) is 4.91. The Balaban J connectivity index is 2.69. The third kappa shape index (κ3) is 3.43. The van der Waals surface area contributed by atoms with Gasteiger partial charge in [0, 0.05) is 13.1 Å². The lowest BCUT2D eigenvalue weighted by Gasteiger charge is -2.26. The number of carbonyl (C=O) groups excluding carboxylic acids is 1. The summed E-state index contributed by atoms with van der Waals surface area (Å²) in [7, 11) is 0. The lowest BCUT2D eigenvalue weighted by Crippen LogP contribution is -2.45. The van der Waals surface area contributed by atoms with E-state index in [0.29, 0.717) is 25.4 Å². The van der Waals surface area contributed by atoms with Crippen molar-refractivity contribution in [3.8, 4) is 0 Å². The molecular weight excluding hydrogens is 220 g/mol. The molecule has 1 heterocycles. The Bertz CT molecular complexity index is 291. The van der Waals surface area contributed by atoms with E-state index in [9.17, 15) is 9.59 Å². The fourth-order valence-electron chi connectivity index (χ4n) is 2.39. The number of carbonyl (C=O) groups is 2. The summed E-state index contributed by atoms with van der Waals surface area (Å²) < 4.78 is 0. The molecule has 0 spiro atoms. The zero-order valence-corrected chi connectivity index (χ0v) is 10.6. The van der Waals surface area contributed by atoms with Crippen molar-refractivity contribution < 1.29 is 14.7 Å². The van der Waals surface area contributed by atoms with Gasteiger partial charge in [-0.1, -0.05) is 13.8 Å². The maximum absolute atomic E-state index is 12.2. The van der Waals surface area contributed by atoms with Crippen molar-refractivity contribution in [2.45, 2.75) is 39.2 Å². The van der Waals surface area contributed by atoms with Crippen molar-refractivity contribution in [1.29, 1.82) is 0 Å². The topological polar surface area (TPSA) is 83.6 Å². The van der Waals surface area contributed by atoms with E-state index < -0.39 is 12.0 Å². The first-order valence-corrected chi connectivity index (χ1v) is 6.20. The summed E-state index contributed by atoms with van der Waals surface area (Å²) in [6, 6.07) is -0.649. The number of nitrogens with zero attached hydrogens (tertiary/aromatic N) is 1. The quantitative estimate of drug-likeness (QED) is 0.742. The molecule has 0 radical (unpaired) electrons. The second-order valence-corrected chi connectivity index (χ2v) is 5.09. The first-order chi connectivity index (χ1) is 7.97. The molecule has 1 unspecified atom stereocenters. The number of amides is 1. The highest BCUT2D eigenvalue weighted by atomic mass is 16.4. The summed E-state index contributed by atoms with van der Waals surface area (Å²) in [6.07, 6.45) is 2.04. The summed E-state index contributed by atoms with van der Waals surface area (Å²) in [5.41, 5.74) is 5.62. The Morgan fingerprint density at radius 3 is 2.59 bits per heavy atom. The van der Waals surface area contributed by atoms with Crippen molar-refractivity contribution >= 4 is 11.9 Å². The third-order valence-electron chi connectivity index (χ3n) is 3.21. The number of nitrogens with two attached hydrogens (primary N) is 1. The highest BCUT2D eigenvalue weighted by Gasteiger charge is 2.36. The maximum Gasteiger partial charge on any atom is 0.326 e. The lowest BCUT2D eigenvalue weighted by molar-refractivity contribution is -0.150. The largest absolute Gasteiger partial charge is 0.480 e. The Morgan fingerprint density at radius 2 is 2.12 bits per heavy atom. The van der Waals surface area contributed by atoms with Crippen LogP contribution in [0.5, 0.6) is 0 Å². The number of carboxylic acid groups (broad SMARTS) is 1. The average molecular weight is 242 g/mol. The van der Waals surface area contributed by atoms with Gasteiger partial charge in [0.1, 0.15) is 6.04 Å². The van der Waals surface area contributed by atoms with Crippen LogP contribution < -0.4 is 5.73 Å². The molecule has 1 rings (SSSR count). The molecule has 5 heteroatoms. The Labute approximate surface area is 102 Å². The van der Waals surface area contributed by atoms with Crippen molar-refractivity contribution in [2.24, 2.45) is 17.6 Å². The van der Waals surface area contributed by atoms with Gasteiger partial charge in [-0.05, 0) is 25.2 Å². The monoisotopic (exact) mass is 242 g/mol. The molecule has 0 aromatic heterocycles. The molecule has 2 atom stereocenters. The summed E-state index contributed by atoms with van der Waals surface area (Å²) >= 11 is 0. The predicted octanol–water partition coefficient (Wildman–Crippen LogP) is 0.683. The maximum atomic E-state index is 12.2. The van der Waals surface area contributed by atoms with E-state index in [4.69, 9.17) is 10.8 Å². The molecule has 98 valence electrons. The van der Waals surface area contributed by atoms with Gasteiger partial charge < -0.3 is 15.7 Å². The predicted molar refractivity (Wildman–Crippen MR) is 64.4 cm³/mol. The van der Waals surface area contributed by atoms with E-state index in [0.717, 1.165) is 12.8 Å². The molecule has 1 fully saturated rings. The molecule has 0 aromatic rings. The number of carboxylic acids is 1. The van der Waals surface area contributed by atoms with Crippen molar-refractivity contribution in [2.75, 3.05) is 13.1 Å². The van der Waals surface area contributed by atoms with E-state index in [1.165, 1.54) is 4.90 Å². The molecule has 1 amide bonds. The van der Waals surface area contributed by atoms with Gasteiger partial charge in [0.05, 0.1) is 5.92 Å². The minimum atomic E-state index is -0.906. The van der Waals surface area contributed by atoms with Gasteiger partial charge in [-0.25, -0.2) is 4.79 Å². The highest BCUT2D eigenvalue weighted by Crippen LogP contribution is 2.22. The van der Waals surface area contributed by atoms with Crippen molar-refractivity contribution in [3.63, 3.8) is 0 Å². The molecular formula is C12H22N2O3. The van der Waals surface area contributed by atoms with E-state index in [2.05, 4.69) is 0 Å². The molecule has 0 saturated carbocycles. The minimum absolute atomic E-state index is 0.0916. The van der Waals surface area contributed by atoms with Crippen molar-refractivity contribution in [3.05, 3.63) is 0 Å². The van der Waals surface area contributed by atoms with Crippen LogP contribution in [-0.2, 0) is 9.59 Å². The van der Waals surface area contributed by atoms with Gasteiger partial charge >= 0.3 is 5.97 Å². The average Bonchev–Trinajstić information content (AvgIpc) is 2.73. The van der Waals surface area contributed by atoms with Crippen LogP contribution in [0.1, 0.15) is 33.1 Å². The van der Waals surface area contributed by atoms with Crippen LogP contribution in [0, 0.1) is 11.8 Å². The van der Waals surface area contributed by atoms with E-state index in [-0.39, 0.29) is 11.8 Å². The van der Waals surface area contributed by atoms with Crippen LogP contribution in [0.15, 0.2) is 0 Å². The van der Waals surface area contributed by atoms with Crippen molar-refractivity contribution in [1.82, 2.24) is 4.90 Å². The second-order valence-electron chi connectivity index (χ2n) is 5.09. The van der Waals surface area contributed by atoms with Gasteiger partial charge in [0.15, 0.2) is 0 Å². The lowest BCUT2D eigenvalue weighted by atomic mass is 9.95. The fraction of sp³-hybridized carbons (Fsp3) is 0.833. The van der Waals surface area contributed by atoms with Gasteiger partial charge in [-0.2, -0.15) is 0 Å². The first-order valence-electron chi connectivity index (χ1n) is 6.20. The van der Waals surface area contributed by atoms with Crippen LogP contribution in [0.4, 0.5) is 0 Å². The summed E-state index contributed by atoms with van der Waals surface area (Å²) in [5.74, 6) is -0.851. The smallest absolute Gasteiger partial charge is 0.326 e. The van der Waals surface area contributed by atoms with E-state index >= 15 is 0 Å². The van der Waals surface area contributed by atoms with E-state index in [1.807, 2.05) is 13.8 Å². The standard InChI is InChI=1S/C12H22N2O3/c1-8(2)6-9(7-13)11(15)14-5-3-4-10(14)12(16)17/h8-10H,3-7,13H2,1-2H3,(H,16,17)/t9?,10-/m0/s1. The molecule has 0 aromatic carbocycles. The Kier molecular flexibility index (Phi) is 4.93. The molecule has 1 saturated heterocycles. The number of aliphatic carboxylic acids is 1. The van der Waals surface area contributed by atoms with Crippen LogP contribution in [-0.4, -0.2) is 41.0 Å². The first kappa shape index (κ1) is 14.0. The number of likely N-dealkylation sites (tertiary alicyclic amines) is 1. The molecule has 5 nitrogen and oxygen atoms in total. The summed E-state index contributed by atoms with van der Waals surface area (Å²) in [5, 5.41) is 9.04. The zero-order chi connectivity index (χ0) is 13.0. The van der Waals surface area contributed by atoms with E-state index in [1.54, 1.807) is 0 Å². The van der Waals surface area contributed by atoms with Crippen LogP contribution in [0.2, 0.25) is 0 Å². The van der Waals surface area contributed by atoms with Gasteiger partial charge in [0.25, 0.3) is 0 Å². The fourth-order valence-corrected chi connectivity index (χ4v) is 2.39. The van der Waals surface area contributed by atoms with Gasteiger partial charge in [-0.15, -0.1) is 0 Å². The number of rotatable bonds is 5.